The van der Waals surface area contributed by atoms with Gasteiger partial charge in [0.1, 0.15) is 12.1 Å². The molecule has 1 aliphatic heterocycles. The van der Waals surface area contributed by atoms with Crippen LogP contribution in [0.3, 0.4) is 0 Å². The molecule has 188 valence electrons. The largest absolute Gasteiger partial charge is 0.413 e. The van der Waals surface area contributed by atoms with E-state index in [1.165, 1.54) is 0 Å². The molecule has 3 aliphatic carbocycles. The Morgan fingerprint density at radius 3 is 2.24 bits per heavy atom. The fraction of sp³-hybridized carbons (Fsp3) is 0.926. The Morgan fingerprint density at radius 2 is 1.67 bits per heavy atom. The van der Waals surface area contributed by atoms with Gasteiger partial charge in [-0.25, -0.2) is 0 Å². The van der Waals surface area contributed by atoms with Crippen LogP contribution in [-0.2, 0) is 23.5 Å². The van der Waals surface area contributed by atoms with Crippen molar-refractivity contribution in [3.63, 3.8) is 0 Å². The molecule has 33 heavy (non-hydrogen) atoms. The lowest BCUT2D eigenvalue weighted by molar-refractivity contribution is -0.242. The van der Waals surface area contributed by atoms with Crippen LogP contribution in [0.2, 0.25) is 18.1 Å². The molecular weight excluding hydrogens is 432 g/mol. The summed E-state index contributed by atoms with van der Waals surface area (Å²) >= 11 is 0. The number of Topliss-reactive ketones (excluding diaryl/α,β-unsaturated/α-hetero) is 1. The first-order valence-electron chi connectivity index (χ1n) is 13.2. The van der Waals surface area contributed by atoms with E-state index in [0.717, 1.165) is 44.8 Å². The predicted octanol–water partition coefficient (Wildman–Crippen LogP) is 5.91. The SMILES string of the molecule is CC(C)(C)[Si](C)(C)O[C@H]1CC[C@](C)(C2CC[C@@]3(C)C(CCC34OCCO4)[C@@H]2CC=O)C(=O)C1. The average Bonchev–Trinajstić information content (AvgIpc) is 3.31. The van der Waals surface area contributed by atoms with Gasteiger partial charge in [-0.05, 0) is 68.0 Å². The average molecular weight is 479 g/mol. The van der Waals surface area contributed by atoms with E-state index in [0.29, 0.717) is 37.8 Å². The molecule has 0 bridgehead atoms. The van der Waals surface area contributed by atoms with Crippen molar-refractivity contribution in [1.29, 1.82) is 0 Å². The molecule has 0 N–H and O–H groups in total. The monoisotopic (exact) mass is 478 g/mol. The molecule has 4 aliphatic rings. The maximum atomic E-state index is 13.7. The second kappa shape index (κ2) is 8.53. The van der Waals surface area contributed by atoms with Gasteiger partial charge in [0.2, 0.25) is 0 Å². The number of carbonyl (C=O) groups is 2. The van der Waals surface area contributed by atoms with Crippen LogP contribution >= 0.6 is 0 Å². The van der Waals surface area contributed by atoms with Crippen LogP contribution in [0.15, 0.2) is 0 Å². The van der Waals surface area contributed by atoms with E-state index >= 15 is 0 Å². The quantitative estimate of drug-likeness (QED) is 0.363. The third-order valence-corrected chi connectivity index (χ3v) is 15.3. The van der Waals surface area contributed by atoms with E-state index in [2.05, 4.69) is 47.7 Å². The second-order valence-electron chi connectivity index (χ2n) is 13.3. The second-order valence-corrected chi connectivity index (χ2v) is 18.1. The predicted molar refractivity (Wildman–Crippen MR) is 131 cm³/mol. The number of hydrogen-bond donors (Lipinski definition) is 0. The Bertz CT molecular complexity index is 767. The number of rotatable bonds is 5. The summed E-state index contributed by atoms with van der Waals surface area (Å²) in [5.41, 5.74) is -0.439. The van der Waals surface area contributed by atoms with E-state index in [4.69, 9.17) is 13.9 Å². The third-order valence-electron chi connectivity index (χ3n) is 10.7. The standard InChI is InChI=1S/C27H46O5Si/c1-24(2,3)33(6,7)32-19-8-12-25(4,23(29)18-19)21-9-13-26(5)22(20(21)11-15-28)10-14-27(26)30-16-17-31-27/h15,19-22H,8-14,16-18H2,1-7H3/t19-,20+,21?,22?,25+,26-/m0/s1. The van der Waals surface area contributed by atoms with E-state index < -0.39 is 14.1 Å². The first-order chi connectivity index (χ1) is 15.3. The zero-order valence-corrected chi connectivity index (χ0v) is 23.0. The first kappa shape index (κ1) is 25.5. The van der Waals surface area contributed by atoms with Gasteiger partial charge < -0.3 is 18.7 Å². The third kappa shape index (κ3) is 4.01. The highest BCUT2D eigenvalue weighted by atomic mass is 28.4. The van der Waals surface area contributed by atoms with Crippen molar-refractivity contribution in [2.45, 2.75) is 116 Å². The maximum absolute atomic E-state index is 13.7. The molecule has 4 rings (SSSR count). The van der Waals surface area contributed by atoms with Crippen molar-refractivity contribution in [3.8, 4) is 0 Å². The number of hydrogen-bond acceptors (Lipinski definition) is 5. The fourth-order valence-corrected chi connectivity index (χ4v) is 9.02. The topological polar surface area (TPSA) is 61.8 Å². The normalized spacial score (nSPS) is 41.4. The minimum absolute atomic E-state index is 0.0416. The molecule has 0 aromatic rings. The molecule has 4 fully saturated rings. The van der Waals surface area contributed by atoms with Gasteiger partial charge in [0.25, 0.3) is 0 Å². The highest BCUT2D eigenvalue weighted by Gasteiger charge is 2.66. The summed E-state index contributed by atoms with van der Waals surface area (Å²) in [5, 5.41) is 0.141. The zero-order valence-electron chi connectivity index (χ0n) is 22.0. The number of aldehydes is 1. The van der Waals surface area contributed by atoms with E-state index in [1.54, 1.807) is 0 Å². The van der Waals surface area contributed by atoms with Crippen LogP contribution in [0.4, 0.5) is 0 Å². The van der Waals surface area contributed by atoms with Gasteiger partial charge in [-0.2, -0.15) is 0 Å². The van der Waals surface area contributed by atoms with Crippen molar-refractivity contribution >= 4 is 20.4 Å². The Hall–Kier alpha value is -0.563. The molecule has 0 amide bonds. The van der Waals surface area contributed by atoms with E-state index in [9.17, 15) is 9.59 Å². The molecule has 1 saturated heterocycles. The summed E-state index contributed by atoms with van der Waals surface area (Å²) in [6.07, 6.45) is 7.89. The summed E-state index contributed by atoms with van der Waals surface area (Å²) in [4.78, 5) is 25.6. The molecule has 3 saturated carbocycles. The Morgan fingerprint density at radius 1 is 1.03 bits per heavy atom. The smallest absolute Gasteiger partial charge is 0.192 e. The van der Waals surface area contributed by atoms with Crippen LogP contribution in [0.25, 0.3) is 0 Å². The minimum Gasteiger partial charge on any atom is -0.413 e. The van der Waals surface area contributed by atoms with Gasteiger partial charge in [0.15, 0.2) is 14.1 Å². The van der Waals surface area contributed by atoms with E-state index in [1.807, 2.05) is 0 Å². The lowest BCUT2D eigenvalue weighted by atomic mass is 9.50. The van der Waals surface area contributed by atoms with Crippen molar-refractivity contribution in [3.05, 3.63) is 0 Å². The van der Waals surface area contributed by atoms with Crippen molar-refractivity contribution in [2.24, 2.45) is 28.6 Å². The van der Waals surface area contributed by atoms with Crippen molar-refractivity contribution in [2.75, 3.05) is 13.2 Å². The maximum Gasteiger partial charge on any atom is 0.192 e. The van der Waals surface area contributed by atoms with Crippen LogP contribution in [0.5, 0.6) is 0 Å². The van der Waals surface area contributed by atoms with Crippen LogP contribution < -0.4 is 0 Å². The van der Waals surface area contributed by atoms with Gasteiger partial charge in [0.05, 0.1) is 19.3 Å². The molecule has 1 heterocycles. The lowest BCUT2D eigenvalue weighted by Crippen LogP contribution is -2.56. The van der Waals surface area contributed by atoms with E-state index in [-0.39, 0.29) is 33.8 Å². The Balaban J connectivity index is 1.53. The molecule has 0 aromatic carbocycles. The number of ether oxygens (including phenoxy) is 2. The zero-order chi connectivity index (χ0) is 24.3. The molecule has 0 radical (unpaired) electrons. The summed E-state index contributed by atoms with van der Waals surface area (Å²) < 4.78 is 19.1. The highest BCUT2D eigenvalue weighted by molar-refractivity contribution is 6.74. The van der Waals surface area contributed by atoms with Gasteiger partial charge >= 0.3 is 0 Å². The molecule has 2 unspecified atom stereocenters. The Labute approximate surface area is 201 Å². The van der Waals surface area contributed by atoms with Crippen LogP contribution in [0, 0.1) is 28.6 Å². The number of fused-ring (bicyclic) bond motifs is 2. The van der Waals surface area contributed by atoms with Gasteiger partial charge in [-0.1, -0.05) is 34.6 Å². The fourth-order valence-electron chi connectivity index (χ4n) is 7.63. The van der Waals surface area contributed by atoms with Crippen LogP contribution in [-0.4, -0.2) is 45.5 Å². The summed E-state index contributed by atoms with van der Waals surface area (Å²) in [7, 11) is -1.91. The molecular formula is C27H46O5Si. The van der Waals surface area contributed by atoms with Gasteiger partial charge in [-0.15, -0.1) is 0 Å². The number of ketones is 1. The lowest BCUT2D eigenvalue weighted by Gasteiger charge is -2.55. The molecule has 6 atom stereocenters. The summed E-state index contributed by atoms with van der Waals surface area (Å²) in [5.74, 6) is 0.705. The summed E-state index contributed by atoms with van der Waals surface area (Å²) in [6.45, 7) is 17.1. The van der Waals surface area contributed by atoms with Gasteiger partial charge in [0, 0.05) is 30.1 Å². The highest BCUT2D eigenvalue weighted by Crippen LogP contribution is 2.66. The first-order valence-corrected chi connectivity index (χ1v) is 16.1. The minimum atomic E-state index is -1.91. The molecule has 1 spiro atoms. The summed E-state index contributed by atoms with van der Waals surface area (Å²) in [6, 6.07) is 0. The van der Waals surface area contributed by atoms with Crippen molar-refractivity contribution in [1.82, 2.24) is 0 Å². The van der Waals surface area contributed by atoms with Crippen molar-refractivity contribution < 1.29 is 23.5 Å². The molecule has 5 nitrogen and oxygen atoms in total. The Kier molecular flexibility index (Phi) is 6.60. The number of carbonyl (C=O) groups excluding carboxylic acids is 2. The molecule has 6 heteroatoms. The molecule has 0 aromatic heterocycles. The van der Waals surface area contributed by atoms with Gasteiger partial charge in [-0.3, -0.25) is 4.79 Å². The van der Waals surface area contributed by atoms with Crippen LogP contribution in [0.1, 0.15) is 86.0 Å².